The molecule has 1 heterocycles. The van der Waals surface area contributed by atoms with Crippen LogP contribution in [0.5, 0.6) is 0 Å². The molecule has 0 saturated carbocycles. The van der Waals surface area contributed by atoms with Gasteiger partial charge in [0.1, 0.15) is 11.6 Å². The summed E-state index contributed by atoms with van der Waals surface area (Å²) in [6.45, 7) is 2.23. The van der Waals surface area contributed by atoms with E-state index < -0.39 is 11.6 Å². The Kier molecular flexibility index (Phi) is 5.23. The molecule has 1 aromatic carbocycles. The Bertz CT molecular complexity index is 620. The highest BCUT2D eigenvalue weighted by Gasteiger charge is 2.12. The zero-order valence-electron chi connectivity index (χ0n) is 10.6. The van der Waals surface area contributed by atoms with Crippen molar-refractivity contribution in [2.24, 2.45) is 0 Å². The molecule has 1 atom stereocenters. The zero-order chi connectivity index (χ0) is 14.7. The van der Waals surface area contributed by atoms with E-state index in [1.807, 2.05) is 6.07 Å². The van der Waals surface area contributed by atoms with Crippen LogP contribution in [0.1, 0.15) is 24.2 Å². The maximum atomic E-state index is 13.6. The van der Waals surface area contributed by atoms with Crippen molar-refractivity contribution in [3.05, 3.63) is 62.3 Å². The molecule has 0 saturated heterocycles. The van der Waals surface area contributed by atoms with Crippen LogP contribution in [0, 0.1) is 11.6 Å². The molecule has 0 aliphatic rings. The molecule has 0 spiro atoms. The van der Waals surface area contributed by atoms with E-state index in [9.17, 15) is 8.78 Å². The fourth-order valence-corrected chi connectivity index (χ4v) is 2.91. The van der Waals surface area contributed by atoms with Crippen molar-refractivity contribution < 1.29 is 8.78 Å². The Hall–Kier alpha value is -0.850. The third-order valence-electron chi connectivity index (χ3n) is 2.88. The lowest BCUT2D eigenvalue weighted by Gasteiger charge is -2.15. The Morgan fingerprint density at radius 2 is 2.00 bits per heavy atom. The Morgan fingerprint density at radius 1 is 1.25 bits per heavy atom. The third kappa shape index (κ3) is 3.84. The summed E-state index contributed by atoms with van der Waals surface area (Å²) < 4.78 is 28.5. The van der Waals surface area contributed by atoms with Crippen LogP contribution in [-0.2, 0) is 6.54 Å². The first-order chi connectivity index (χ1) is 9.47. The largest absolute Gasteiger partial charge is 0.304 e. The Labute approximate surface area is 132 Å². The molecule has 0 bridgehead atoms. The molecule has 2 aromatic rings. The van der Waals surface area contributed by atoms with Crippen molar-refractivity contribution >= 4 is 31.9 Å². The molecule has 106 valence electrons. The van der Waals surface area contributed by atoms with Gasteiger partial charge < -0.3 is 5.32 Å². The van der Waals surface area contributed by atoms with Crippen molar-refractivity contribution in [2.45, 2.75) is 19.5 Å². The maximum Gasteiger partial charge on any atom is 0.128 e. The number of hydrogen-bond donors (Lipinski definition) is 1. The summed E-state index contributed by atoms with van der Waals surface area (Å²) in [4.78, 5) is 4.26. The van der Waals surface area contributed by atoms with E-state index in [0.717, 1.165) is 26.8 Å². The van der Waals surface area contributed by atoms with Crippen LogP contribution in [-0.4, -0.2) is 4.98 Å². The van der Waals surface area contributed by atoms with E-state index >= 15 is 0 Å². The highest BCUT2D eigenvalue weighted by atomic mass is 79.9. The minimum Gasteiger partial charge on any atom is -0.304 e. The van der Waals surface area contributed by atoms with Gasteiger partial charge in [0.2, 0.25) is 0 Å². The van der Waals surface area contributed by atoms with Crippen molar-refractivity contribution in [1.29, 1.82) is 0 Å². The molecular formula is C14H12Br2F2N2. The van der Waals surface area contributed by atoms with Crippen LogP contribution in [0.3, 0.4) is 0 Å². The zero-order valence-corrected chi connectivity index (χ0v) is 13.8. The lowest BCUT2D eigenvalue weighted by Crippen LogP contribution is -2.20. The van der Waals surface area contributed by atoms with Crippen LogP contribution in [0.25, 0.3) is 0 Å². The second-order valence-corrected chi connectivity index (χ2v) is 6.12. The first-order valence-electron chi connectivity index (χ1n) is 5.95. The first kappa shape index (κ1) is 15.5. The number of nitrogens with zero attached hydrogens (tertiary/aromatic N) is 1. The molecule has 2 rings (SSSR count). The number of rotatable bonds is 4. The van der Waals surface area contributed by atoms with Gasteiger partial charge in [0.05, 0.1) is 5.69 Å². The van der Waals surface area contributed by atoms with Gasteiger partial charge in [0.25, 0.3) is 0 Å². The molecule has 0 aliphatic carbocycles. The average Bonchev–Trinajstić information content (AvgIpc) is 2.40. The van der Waals surface area contributed by atoms with Gasteiger partial charge in [-0.25, -0.2) is 8.78 Å². The molecular weight excluding hydrogens is 394 g/mol. The minimum atomic E-state index is -0.446. The SMILES string of the molecule is CC(NCc1ncc(Br)cc1Br)c1cc(F)ccc1F. The van der Waals surface area contributed by atoms with E-state index in [4.69, 9.17) is 0 Å². The van der Waals surface area contributed by atoms with E-state index in [2.05, 4.69) is 42.2 Å². The molecule has 0 fully saturated rings. The second kappa shape index (κ2) is 6.74. The van der Waals surface area contributed by atoms with Gasteiger partial charge in [-0.3, -0.25) is 4.98 Å². The Balaban J connectivity index is 2.08. The van der Waals surface area contributed by atoms with Crippen molar-refractivity contribution in [2.75, 3.05) is 0 Å². The van der Waals surface area contributed by atoms with Gasteiger partial charge in [-0.1, -0.05) is 0 Å². The number of hydrogen-bond acceptors (Lipinski definition) is 2. The summed E-state index contributed by atoms with van der Waals surface area (Å²) in [6, 6.07) is 5.02. The average molecular weight is 406 g/mol. The summed E-state index contributed by atoms with van der Waals surface area (Å²) in [5.74, 6) is -0.868. The quantitative estimate of drug-likeness (QED) is 0.794. The van der Waals surface area contributed by atoms with Crippen molar-refractivity contribution in [3.63, 3.8) is 0 Å². The standard InChI is InChI=1S/C14H12Br2F2N2/c1-8(11-5-10(17)2-3-13(11)18)19-7-14-12(16)4-9(15)6-20-14/h2-6,8,19H,7H2,1H3. The third-order valence-corrected chi connectivity index (χ3v) is 4.00. The highest BCUT2D eigenvalue weighted by Crippen LogP contribution is 2.22. The summed E-state index contributed by atoms with van der Waals surface area (Å²) in [5.41, 5.74) is 1.11. The summed E-state index contributed by atoms with van der Waals surface area (Å²) >= 11 is 6.74. The molecule has 1 N–H and O–H groups in total. The molecule has 2 nitrogen and oxygen atoms in total. The summed E-state index contributed by atoms with van der Waals surface area (Å²) in [5, 5.41) is 3.13. The lowest BCUT2D eigenvalue weighted by atomic mass is 10.1. The fourth-order valence-electron chi connectivity index (χ4n) is 1.78. The molecule has 6 heteroatoms. The number of benzene rings is 1. The first-order valence-corrected chi connectivity index (χ1v) is 7.54. The van der Waals surface area contributed by atoms with Gasteiger partial charge >= 0.3 is 0 Å². The van der Waals surface area contributed by atoms with Gasteiger partial charge in [0.15, 0.2) is 0 Å². The topological polar surface area (TPSA) is 24.9 Å². The number of aromatic nitrogens is 1. The summed E-state index contributed by atoms with van der Waals surface area (Å²) in [6.07, 6.45) is 1.69. The molecule has 20 heavy (non-hydrogen) atoms. The highest BCUT2D eigenvalue weighted by molar-refractivity contribution is 9.11. The number of halogens is 4. The van der Waals surface area contributed by atoms with Gasteiger partial charge in [-0.15, -0.1) is 0 Å². The molecule has 1 unspecified atom stereocenters. The normalized spacial score (nSPS) is 12.4. The van der Waals surface area contributed by atoms with Gasteiger partial charge in [0, 0.05) is 33.3 Å². The maximum absolute atomic E-state index is 13.6. The molecule has 1 aromatic heterocycles. The van der Waals surface area contributed by atoms with E-state index in [1.165, 1.54) is 6.07 Å². The van der Waals surface area contributed by atoms with Crippen molar-refractivity contribution in [3.8, 4) is 0 Å². The monoisotopic (exact) mass is 404 g/mol. The van der Waals surface area contributed by atoms with E-state index in [0.29, 0.717) is 12.1 Å². The van der Waals surface area contributed by atoms with E-state index in [1.54, 1.807) is 13.1 Å². The van der Waals surface area contributed by atoms with Crippen LogP contribution < -0.4 is 5.32 Å². The number of pyridine rings is 1. The van der Waals surface area contributed by atoms with Crippen LogP contribution in [0.2, 0.25) is 0 Å². The Morgan fingerprint density at radius 3 is 2.70 bits per heavy atom. The van der Waals surface area contributed by atoms with Crippen LogP contribution in [0.15, 0.2) is 39.4 Å². The predicted octanol–water partition coefficient (Wildman–Crippen LogP) is 4.74. The number of nitrogens with one attached hydrogen (secondary N) is 1. The van der Waals surface area contributed by atoms with Gasteiger partial charge in [-0.05, 0) is 63.0 Å². The summed E-state index contributed by atoms with van der Waals surface area (Å²) in [7, 11) is 0. The smallest absolute Gasteiger partial charge is 0.128 e. The molecule has 0 aliphatic heterocycles. The fraction of sp³-hybridized carbons (Fsp3) is 0.214. The van der Waals surface area contributed by atoms with Crippen molar-refractivity contribution in [1.82, 2.24) is 10.3 Å². The second-order valence-electron chi connectivity index (χ2n) is 4.35. The van der Waals surface area contributed by atoms with Gasteiger partial charge in [-0.2, -0.15) is 0 Å². The minimum absolute atomic E-state index is 0.304. The van der Waals surface area contributed by atoms with Crippen LogP contribution in [0.4, 0.5) is 8.78 Å². The van der Waals surface area contributed by atoms with Crippen LogP contribution >= 0.6 is 31.9 Å². The lowest BCUT2D eigenvalue weighted by molar-refractivity contribution is 0.515. The molecule has 0 radical (unpaired) electrons. The predicted molar refractivity (Wildman–Crippen MR) is 81.2 cm³/mol. The van der Waals surface area contributed by atoms with E-state index in [-0.39, 0.29) is 6.04 Å². The molecule has 0 amide bonds.